The molecule has 2 rings (SSSR count). The number of nitrogens with zero attached hydrogens (tertiary/aromatic N) is 3. The maximum absolute atomic E-state index is 9.96. The lowest BCUT2D eigenvalue weighted by molar-refractivity contribution is 0.0729. The van der Waals surface area contributed by atoms with Crippen molar-refractivity contribution in [3.05, 3.63) is 12.4 Å². The molecule has 1 saturated heterocycles. The van der Waals surface area contributed by atoms with Crippen molar-refractivity contribution in [3.63, 3.8) is 0 Å². The summed E-state index contributed by atoms with van der Waals surface area (Å²) in [6.45, 7) is 2.13. The van der Waals surface area contributed by atoms with Gasteiger partial charge in [0.05, 0.1) is 31.1 Å². The predicted octanol–water partition coefficient (Wildman–Crippen LogP) is -0.717. The minimum atomic E-state index is -0.485. The highest BCUT2D eigenvalue weighted by Crippen LogP contribution is 2.16. The van der Waals surface area contributed by atoms with Crippen LogP contribution in [0.1, 0.15) is 12.8 Å². The Hall–Kier alpha value is -1.11. The van der Waals surface area contributed by atoms with Crippen LogP contribution in [0.2, 0.25) is 0 Å². The van der Waals surface area contributed by atoms with Gasteiger partial charge in [0.1, 0.15) is 0 Å². The molecule has 2 atom stereocenters. The van der Waals surface area contributed by atoms with Gasteiger partial charge >= 0.3 is 0 Å². The van der Waals surface area contributed by atoms with Crippen molar-refractivity contribution in [2.45, 2.75) is 31.5 Å². The average molecular weight is 240 g/mol. The summed E-state index contributed by atoms with van der Waals surface area (Å²) in [4.78, 5) is 2.14. The molecule has 6 nitrogen and oxygen atoms in total. The zero-order chi connectivity index (χ0) is 12.3. The lowest BCUT2D eigenvalue weighted by Gasteiger charge is -2.25. The number of likely N-dealkylation sites (tertiary alicyclic amines) is 1. The lowest BCUT2D eigenvalue weighted by atomic mass is 10.2. The number of anilines is 1. The summed E-state index contributed by atoms with van der Waals surface area (Å²) in [7, 11) is 0. The van der Waals surface area contributed by atoms with Gasteiger partial charge in [-0.3, -0.25) is 9.58 Å². The van der Waals surface area contributed by atoms with Crippen LogP contribution in [-0.4, -0.2) is 56.7 Å². The molecule has 1 aliphatic rings. The highest BCUT2D eigenvalue weighted by Gasteiger charge is 2.25. The van der Waals surface area contributed by atoms with Gasteiger partial charge in [-0.25, -0.2) is 0 Å². The van der Waals surface area contributed by atoms with Gasteiger partial charge in [-0.15, -0.1) is 0 Å². The average Bonchev–Trinajstić information content (AvgIpc) is 2.87. The number of nitrogens with two attached hydrogens (primary N) is 1. The van der Waals surface area contributed by atoms with Crippen LogP contribution < -0.4 is 5.73 Å². The van der Waals surface area contributed by atoms with E-state index in [9.17, 15) is 10.2 Å². The number of hydrogen-bond donors (Lipinski definition) is 3. The standard InChI is InChI=1S/C11H20N4O2/c12-9-4-13-15(5-9)7-11(17)6-14-3-1-2-10(14)8-16/h4-5,10-11,16-17H,1-3,6-8,12H2. The summed E-state index contributed by atoms with van der Waals surface area (Å²) in [5.41, 5.74) is 6.16. The van der Waals surface area contributed by atoms with Crippen LogP contribution >= 0.6 is 0 Å². The van der Waals surface area contributed by atoms with E-state index >= 15 is 0 Å². The van der Waals surface area contributed by atoms with Crippen LogP contribution in [0.15, 0.2) is 12.4 Å². The molecule has 2 unspecified atom stereocenters. The lowest BCUT2D eigenvalue weighted by Crippen LogP contribution is -2.39. The van der Waals surface area contributed by atoms with Crippen LogP contribution in [-0.2, 0) is 6.54 Å². The van der Waals surface area contributed by atoms with Crippen LogP contribution in [0, 0.1) is 0 Å². The molecule has 6 heteroatoms. The number of aliphatic hydroxyl groups is 2. The third kappa shape index (κ3) is 3.18. The molecule has 17 heavy (non-hydrogen) atoms. The molecule has 0 radical (unpaired) electrons. The third-order valence-corrected chi connectivity index (χ3v) is 3.21. The topological polar surface area (TPSA) is 87.5 Å². The molecule has 1 aliphatic heterocycles. The van der Waals surface area contributed by atoms with Crippen molar-refractivity contribution in [2.24, 2.45) is 0 Å². The number of nitrogen functional groups attached to an aromatic ring is 1. The summed E-state index contributed by atoms with van der Waals surface area (Å²) < 4.78 is 1.64. The molecule has 0 saturated carbocycles. The van der Waals surface area contributed by atoms with Crippen molar-refractivity contribution in [1.29, 1.82) is 0 Å². The Morgan fingerprint density at radius 2 is 2.35 bits per heavy atom. The van der Waals surface area contributed by atoms with Crippen molar-refractivity contribution in [3.8, 4) is 0 Å². The Morgan fingerprint density at radius 3 is 3.00 bits per heavy atom. The maximum atomic E-state index is 9.96. The fourth-order valence-electron chi connectivity index (χ4n) is 2.37. The molecular formula is C11H20N4O2. The van der Waals surface area contributed by atoms with Gasteiger partial charge in [-0.2, -0.15) is 5.10 Å². The zero-order valence-corrected chi connectivity index (χ0v) is 9.87. The van der Waals surface area contributed by atoms with Crippen LogP contribution in [0.5, 0.6) is 0 Å². The number of hydrogen-bond acceptors (Lipinski definition) is 5. The van der Waals surface area contributed by atoms with Gasteiger partial charge in [0.2, 0.25) is 0 Å². The third-order valence-electron chi connectivity index (χ3n) is 3.21. The number of β-amino-alcohol motifs (C(OH)–C–C–N with tert-alkyl or cyclic N) is 1. The van der Waals surface area contributed by atoms with E-state index in [1.54, 1.807) is 17.1 Å². The summed E-state index contributed by atoms with van der Waals surface area (Å²) >= 11 is 0. The Balaban J connectivity index is 1.82. The molecule has 1 aromatic rings. The van der Waals surface area contributed by atoms with Crippen LogP contribution in [0.25, 0.3) is 0 Å². The van der Waals surface area contributed by atoms with E-state index in [4.69, 9.17) is 5.73 Å². The molecule has 0 aromatic carbocycles. The van der Waals surface area contributed by atoms with E-state index in [1.165, 1.54) is 0 Å². The molecular weight excluding hydrogens is 220 g/mol. The maximum Gasteiger partial charge on any atom is 0.0862 e. The summed E-state index contributed by atoms with van der Waals surface area (Å²) in [5, 5.41) is 23.2. The Kier molecular flexibility index (Phi) is 3.98. The highest BCUT2D eigenvalue weighted by atomic mass is 16.3. The molecule has 0 amide bonds. The number of aliphatic hydroxyl groups excluding tert-OH is 2. The first kappa shape index (κ1) is 12.3. The van der Waals surface area contributed by atoms with E-state index in [0.29, 0.717) is 18.8 Å². The van der Waals surface area contributed by atoms with Crippen molar-refractivity contribution in [1.82, 2.24) is 14.7 Å². The van der Waals surface area contributed by atoms with Gasteiger partial charge in [-0.05, 0) is 19.4 Å². The van der Waals surface area contributed by atoms with E-state index in [0.717, 1.165) is 19.4 Å². The zero-order valence-electron chi connectivity index (χ0n) is 9.87. The minimum absolute atomic E-state index is 0.168. The normalized spacial score (nSPS) is 23.1. The minimum Gasteiger partial charge on any atom is -0.396 e. The Bertz CT molecular complexity index is 355. The molecule has 0 spiro atoms. The van der Waals surface area contributed by atoms with Crippen LogP contribution in [0.4, 0.5) is 5.69 Å². The Labute approximate surface area is 101 Å². The SMILES string of the molecule is Nc1cnn(CC(O)CN2CCCC2CO)c1. The first-order valence-corrected chi connectivity index (χ1v) is 6.00. The quantitative estimate of drug-likeness (QED) is 0.632. The first-order valence-electron chi connectivity index (χ1n) is 6.00. The van der Waals surface area contributed by atoms with E-state index < -0.39 is 6.10 Å². The molecule has 1 aromatic heterocycles. The second-order valence-electron chi connectivity index (χ2n) is 4.62. The Morgan fingerprint density at radius 1 is 1.53 bits per heavy atom. The second kappa shape index (κ2) is 5.48. The predicted molar refractivity (Wildman–Crippen MR) is 64.3 cm³/mol. The molecule has 4 N–H and O–H groups in total. The van der Waals surface area contributed by atoms with Gasteiger partial charge in [0.25, 0.3) is 0 Å². The fourth-order valence-corrected chi connectivity index (χ4v) is 2.37. The van der Waals surface area contributed by atoms with Crippen molar-refractivity contribution >= 4 is 5.69 Å². The molecule has 1 fully saturated rings. The van der Waals surface area contributed by atoms with Crippen LogP contribution in [0.3, 0.4) is 0 Å². The molecule has 0 aliphatic carbocycles. The van der Waals surface area contributed by atoms with Gasteiger partial charge < -0.3 is 15.9 Å². The monoisotopic (exact) mass is 240 g/mol. The second-order valence-corrected chi connectivity index (χ2v) is 4.62. The van der Waals surface area contributed by atoms with Crippen molar-refractivity contribution in [2.75, 3.05) is 25.4 Å². The summed E-state index contributed by atoms with van der Waals surface area (Å²) in [6.07, 6.45) is 4.89. The van der Waals surface area contributed by atoms with Gasteiger partial charge in [-0.1, -0.05) is 0 Å². The molecule has 2 heterocycles. The van der Waals surface area contributed by atoms with E-state index in [-0.39, 0.29) is 12.6 Å². The number of aromatic nitrogens is 2. The number of rotatable bonds is 5. The highest BCUT2D eigenvalue weighted by molar-refractivity contribution is 5.30. The summed E-state index contributed by atoms with van der Waals surface area (Å²) in [6, 6.07) is 0.201. The molecule has 0 bridgehead atoms. The smallest absolute Gasteiger partial charge is 0.0862 e. The van der Waals surface area contributed by atoms with Crippen molar-refractivity contribution < 1.29 is 10.2 Å². The summed E-state index contributed by atoms with van der Waals surface area (Å²) in [5.74, 6) is 0. The fraction of sp³-hybridized carbons (Fsp3) is 0.727. The largest absolute Gasteiger partial charge is 0.396 e. The first-order chi connectivity index (χ1) is 8.19. The van der Waals surface area contributed by atoms with E-state index in [2.05, 4.69) is 10.00 Å². The molecule has 96 valence electrons. The van der Waals surface area contributed by atoms with E-state index in [1.807, 2.05) is 0 Å². The van der Waals surface area contributed by atoms with Gasteiger partial charge in [0.15, 0.2) is 0 Å². The van der Waals surface area contributed by atoms with Gasteiger partial charge in [0, 0.05) is 18.8 Å².